The van der Waals surface area contributed by atoms with Crippen molar-refractivity contribution in [1.29, 1.82) is 0 Å². The average Bonchev–Trinajstić information content (AvgIpc) is 2.96. The lowest BCUT2D eigenvalue weighted by Crippen LogP contribution is -2.29. The van der Waals surface area contributed by atoms with Gasteiger partial charge in [0.25, 0.3) is 0 Å². The summed E-state index contributed by atoms with van der Waals surface area (Å²) >= 11 is 0. The lowest BCUT2D eigenvalue weighted by molar-refractivity contribution is -0.140. The molecular weight excluding hydrogens is 274 g/mol. The van der Waals surface area contributed by atoms with Crippen molar-refractivity contribution in [3.8, 4) is 11.4 Å². The van der Waals surface area contributed by atoms with Gasteiger partial charge in [-0.3, -0.25) is 14.6 Å². The first-order valence-electron chi connectivity index (χ1n) is 6.34. The van der Waals surface area contributed by atoms with Crippen LogP contribution in [-0.2, 0) is 20.9 Å². The fourth-order valence-corrected chi connectivity index (χ4v) is 1.62. The predicted octanol–water partition coefficient (Wildman–Crippen LogP) is 0.0194. The van der Waals surface area contributed by atoms with Crippen LogP contribution in [0.15, 0.2) is 30.6 Å². The number of esters is 1. The van der Waals surface area contributed by atoms with Gasteiger partial charge in [-0.15, -0.1) is 5.10 Å². The molecule has 0 aliphatic rings. The summed E-state index contributed by atoms with van der Waals surface area (Å²) < 4.78 is 5.89. The number of carbonyl (C=O) groups is 2. The maximum Gasteiger partial charge on any atom is 0.307 e. The van der Waals surface area contributed by atoms with E-state index in [1.54, 1.807) is 12.4 Å². The van der Waals surface area contributed by atoms with E-state index >= 15 is 0 Å². The van der Waals surface area contributed by atoms with Crippen LogP contribution in [0.25, 0.3) is 11.4 Å². The van der Waals surface area contributed by atoms with Gasteiger partial charge in [-0.25, -0.2) is 4.68 Å². The van der Waals surface area contributed by atoms with Crippen molar-refractivity contribution < 1.29 is 14.3 Å². The second kappa shape index (κ2) is 7.13. The van der Waals surface area contributed by atoms with Crippen molar-refractivity contribution in [3.63, 3.8) is 0 Å². The Labute approximate surface area is 121 Å². The van der Waals surface area contributed by atoms with Crippen LogP contribution in [0.1, 0.15) is 6.42 Å². The Hall–Kier alpha value is -2.77. The zero-order valence-corrected chi connectivity index (χ0v) is 11.5. The minimum absolute atomic E-state index is 0.0288. The summed E-state index contributed by atoms with van der Waals surface area (Å²) in [6, 6.07) is 5.47. The van der Waals surface area contributed by atoms with Gasteiger partial charge in [0, 0.05) is 12.7 Å². The Morgan fingerprint density at radius 1 is 1.33 bits per heavy atom. The number of hydrogen-bond donors (Lipinski definition) is 1. The molecule has 2 aromatic rings. The van der Waals surface area contributed by atoms with Gasteiger partial charge in [-0.2, -0.15) is 0 Å². The molecule has 0 unspecified atom stereocenters. The number of hydrogen-bond acceptors (Lipinski definition) is 6. The average molecular weight is 289 g/mol. The molecule has 0 saturated carbocycles. The number of aromatic nitrogens is 4. The summed E-state index contributed by atoms with van der Waals surface area (Å²) in [4.78, 5) is 26.7. The number of nitrogens with zero attached hydrogens (tertiary/aromatic N) is 4. The molecule has 0 aliphatic heterocycles. The van der Waals surface area contributed by atoms with Gasteiger partial charge in [0.2, 0.25) is 5.91 Å². The standard InChI is InChI=1S/C13H15N5O3/c1-21-13(20)5-7-15-12(19)9-18-8-11(16-17-18)10-4-2-3-6-14-10/h2-4,6,8H,5,7,9H2,1H3,(H,15,19). The maximum absolute atomic E-state index is 11.7. The fraction of sp³-hybridized carbons (Fsp3) is 0.308. The zero-order chi connectivity index (χ0) is 15.1. The van der Waals surface area contributed by atoms with Gasteiger partial charge < -0.3 is 10.1 Å². The van der Waals surface area contributed by atoms with Gasteiger partial charge in [-0.1, -0.05) is 11.3 Å². The van der Waals surface area contributed by atoms with Gasteiger partial charge in [0.05, 0.1) is 25.4 Å². The predicted molar refractivity (Wildman–Crippen MR) is 72.9 cm³/mol. The second-order valence-electron chi connectivity index (χ2n) is 4.19. The summed E-state index contributed by atoms with van der Waals surface area (Å²) in [6.07, 6.45) is 3.44. The van der Waals surface area contributed by atoms with E-state index in [0.29, 0.717) is 11.4 Å². The highest BCUT2D eigenvalue weighted by molar-refractivity contribution is 5.76. The molecule has 1 amide bonds. The summed E-state index contributed by atoms with van der Waals surface area (Å²) in [6.45, 7) is 0.258. The normalized spacial score (nSPS) is 10.1. The Morgan fingerprint density at radius 2 is 2.19 bits per heavy atom. The fourth-order valence-electron chi connectivity index (χ4n) is 1.62. The molecule has 0 spiro atoms. The first-order chi connectivity index (χ1) is 10.2. The second-order valence-corrected chi connectivity index (χ2v) is 4.19. The lowest BCUT2D eigenvalue weighted by atomic mass is 10.3. The first-order valence-corrected chi connectivity index (χ1v) is 6.34. The third-order valence-corrected chi connectivity index (χ3v) is 2.65. The third-order valence-electron chi connectivity index (χ3n) is 2.65. The quantitative estimate of drug-likeness (QED) is 0.753. The lowest BCUT2D eigenvalue weighted by Gasteiger charge is -2.03. The molecule has 0 aliphatic carbocycles. The van der Waals surface area contributed by atoms with Crippen LogP contribution >= 0.6 is 0 Å². The molecule has 0 fully saturated rings. The van der Waals surface area contributed by atoms with E-state index in [1.807, 2.05) is 18.2 Å². The van der Waals surface area contributed by atoms with Gasteiger partial charge in [0.1, 0.15) is 12.2 Å². The van der Waals surface area contributed by atoms with Gasteiger partial charge in [-0.05, 0) is 12.1 Å². The van der Waals surface area contributed by atoms with Crippen LogP contribution in [0.2, 0.25) is 0 Å². The molecule has 2 aromatic heterocycles. The van der Waals surface area contributed by atoms with E-state index in [0.717, 1.165) is 0 Å². The molecular formula is C13H15N5O3. The zero-order valence-electron chi connectivity index (χ0n) is 11.5. The molecule has 2 rings (SSSR count). The highest BCUT2D eigenvalue weighted by atomic mass is 16.5. The monoisotopic (exact) mass is 289 g/mol. The number of methoxy groups -OCH3 is 1. The number of rotatable bonds is 6. The van der Waals surface area contributed by atoms with Crippen molar-refractivity contribution in [2.75, 3.05) is 13.7 Å². The molecule has 0 atom stereocenters. The third kappa shape index (κ3) is 4.37. The number of ether oxygens (including phenoxy) is 1. The van der Waals surface area contributed by atoms with Gasteiger partial charge in [0.15, 0.2) is 0 Å². The number of amides is 1. The van der Waals surface area contributed by atoms with Gasteiger partial charge >= 0.3 is 5.97 Å². The SMILES string of the molecule is COC(=O)CCNC(=O)Cn1cc(-c2ccccn2)nn1. The summed E-state index contributed by atoms with van der Waals surface area (Å²) in [5.74, 6) is -0.620. The Balaban J connectivity index is 1.85. The smallest absolute Gasteiger partial charge is 0.307 e. The molecule has 1 N–H and O–H groups in total. The number of nitrogens with one attached hydrogen (secondary N) is 1. The Morgan fingerprint density at radius 3 is 2.90 bits per heavy atom. The Kier molecular flexibility index (Phi) is 4.97. The van der Waals surface area contributed by atoms with E-state index in [1.165, 1.54) is 11.8 Å². The first kappa shape index (κ1) is 14.6. The van der Waals surface area contributed by atoms with Crippen molar-refractivity contribution in [1.82, 2.24) is 25.3 Å². The van der Waals surface area contributed by atoms with Crippen LogP contribution < -0.4 is 5.32 Å². The Bertz CT molecular complexity index is 611. The van der Waals surface area contributed by atoms with E-state index in [-0.39, 0.29) is 31.4 Å². The van der Waals surface area contributed by atoms with E-state index in [2.05, 4.69) is 25.3 Å². The van der Waals surface area contributed by atoms with E-state index < -0.39 is 0 Å². The topological polar surface area (TPSA) is 99.0 Å². The van der Waals surface area contributed by atoms with Crippen LogP contribution in [-0.4, -0.2) is 45.5 Å². The minimum Gasteiger partial charge on any atom is -0.469 e. The largest absolute Gasteiger partial charge is 0.469 e. The molecule has 0 bridgehead atoms. The van der Waals surface area contributed by atoms with Crippen LogP contribution in [0.3, 0.4) is 0 Å². The highest BCUT2D eigenvalue weighted by Crippen LogP contribution is 2.11. The molecule has 21 heavy (non-hydrogen) atoms. The molecule has 2 heterocycles. The van der Waals surface area contributed by atoms with Crippen molar-refractivity contribution in [2.24, 2.45) is 0 Å². The maximum atomic E-state index is 11.7. The molecule has 0 aromatic carbocycles. The van der Waals surface area contributed by atoms with Crippen LogP contribution in [0.5, 0.6) is 0 Å². The van der Waals surface area contributed by atoms with Crippen LogP contribution in [0.4, 0.5) is 0 Å². The molecule has 110 valence electrons. The molecule has 8 heteroatoms. The highest BCUT2D eigenvalue weighted by Gasteiger charge is 2.08. The van der Waals surface area contributed by atoms with Crippen molar-refractivity contribution in [2.45, 2.75) is 13.0 Å². The van der Waals surface area contributed by atoms with Crippen molar-refractivity contribution in [3.05, 3.63) is 30.6 Å². The summed E-state index contributed by atoms with van der Waals surface area (Å²) in [5.41, 5.74) is 1.29. The van der Waals surface area contributed by atoms with E-state index in [4.69, 9.17) is 0 Å². The number of pyridine rings is 1. The molecule has 0 saturated heterocycles. The van der Waals surface area contributed by atoms with Crippen LogP contribution in [0, 0.1) is 0 Å². The number of carbonyl (C=O) groups excluding carboxylic acids is 2. The van der Waals surface area contributed by atoms with Crippen molar-refractivity contribution >= 4 is 11.9 Å². The summed E-state index contributed by atoms with van der Waals surface area (Å²) in [5, 5.41) is 10.4. The minimum atomic E-state index is -0.367. The molecule has 8 nitrogen and oxygen atoms in total. The summed E-state index contributed by atoms with van der Waals surface area (Å²) in [7, 11) is 1.30. The molecule has 0 radical (unpaired) electrons. The van der Waals surface area contributed by atoms with E-state index in [9.17, 15) is 9.59 Å².